The van der Waals surface area contributed by atoms with Crippen LogP contribution in [0.15, 0.2) is 109 Å². The third kappa shape index (κ3) is 34.6. The predicted octanol–water partition coefficient (Wildman–Crippen LogP) is 9.25. The SMILES string of the molecule is CC/C=C\C/C=C\C/C=C\C/C=C\C/C=C\C/C=C\CCCCC(=O)OC(/C=C\C/C=C\CC)/C=C\CCCCCC(=O)NCC(=O)NC(CO)C(=O)O. The van der Waals surface area contributed by atoms with E-state index in [-0.39, 0.29) is 24.8 Å². The maximum absolute atomic E-state index is 12.6. The molecule has 9 heteroatoms. The zero-order chi connectivity index (χ0) is 39.7. The van der Waals surface area contributed by atoms with Gasteiger partial charge in [-0.25, -0.2) is 4.79 Å². The first-order chi connectivity index (χ1) is 26.3. The van der Waals surface area contributed by atoms with E-state index in [1.165, 1.54) is 0 Å². The van der Waals surface area contributed by atoms with Crippen molar-refractivity contribution in [1.82, 2.24) is 10.6 Å². The lowest BCUT2D eigenvalue weighted by Crippen LogP contribution is -2.47. The highest BCUT2D eigenvalue weighted by molar-refractivity contribution is 5.87. The molecule has 4 N–H and O–H groups in total. The Balaban J connectivity index is 4.28. The number of carboxylic acids is 1. The van der Waals surface area contributed by atoms with Crippen molar-refractivity contribution in [3.63, 3.8) is 0 Å². The Hall–Kier alpha value is -4.50. The Kier molecular flexibility index (Phi) is 35.0. The second-order valence-corrected chi connectivity index (χ2v) is 12.6. The van der Waals surface area contributed by atoms with Gasteiger partial charge in [0, 0.05) is 12.8 Å². The average Bonchev–Trinajstić information content (AvgIpc) is 3.15. The van der Waals surface area contributed by atoms with Gasteiger partial charge in [0.25, 0.3) is 0 Å². The predicted molar refractivity (Wildman–Crippen MR) is 222 cm³/mol. The quantitative estimate of drug-likeness (QED) is 0.0298. The number of rotatable bonds is 33. The molecular weight excluding hydrogens is 681 g/mol. The van der Waals surface area contributed by atoms with Crippen LogP contribution in [0.1, 0.15) is 123 Å². The van der Waals surface area contributed by atoms with E-state index < -0.39 is 30.6 Å². The van der Waals surface area contributed by atoms with Crippen LogP contribution in [0.2, 0.25) is 0 Å². The summed E-state index contributed by atoms with van der Waals surface area (Å²) < 4.78 is 5.74. The van der Waals surface area contributed by atoms with Gasteiger partial charge >= 0.3 is 11.9 Å². The van der Waals surface area contributed by atoms with E-state index in [0.717, 1.165) is 89.9 Å². The molecule has 2 amide bonds. The lowest BCUT2D eigenvalue weighted by atomic mass is 10.1. The smallest absolute Gasteiger partial charge is 0.328 e. The monoisotopic (exact) mass is 749 g/mol. The molecule has 0 aliphatic heterocycles. The van der Waals surface area contributed by atoms with Crippen molar-refractivity contribution in [3.05, 3.63) is 109 Å². The Labute approximate surface area is 325 Å². The fourth-order valence-corrected chi connectivity index (χ4v) is 4.73. The van der Waals surface area contributed by atoms with Crippen LogP contribution in [-0.2, 0) is 23.9 Å². The highest BCUT2D eigenvalue weighted by Gasteiger charge is 2.18. The van der Waals surface area contributed by atoms with Crippen LogP contribution >= 0.6 is 0 Å². The molecule has 0 radical (unpaired) electrons. The summed E-state index contributed by atoms with van der Waals surface area (Å²) in [5, 5.41) is 22.4. The van der Waals surface area contributed by atoms with Crippen molar-refractivity contribution in [2.75, 3.05) is 13.2 Å². The van der Waals surface area contributed by atoms with Gasteiger partial charge in [0.05, 0.1) is 13.2 Å². The molecule has 0 aliphatic carbocycles. The molecular formula is C45H68N2O7. The summed E-state index contributed by atoms with van der Waals surface area (Å²) in [6, 6.07) is -1.40. The lowest BCUT2D eigenvalue weighted by Gasteiger charge is -2.12. The van der Waals surface area contributed by atoms with E-state index in [9.17, 15) is 19.2 Å². The summed E-state index contributed by atoms with van der Waals surface area (Å²) in [7, 11) is 0. The minimum atomic E-state index is -1.40. The molecule has 2 unspecified atom stereocenters. The van der Waals surface area contributed by atoms with Crippen molar-refractivity contribution < 1.29 is 34.1 Å². The Morgan fingerprint density at radius 3 is 1.56 bits per heavy atom. The molecule has 0 rings (SSSR count). The van der Waals surface area contributed by atoms with E-state index in [0.29, 0.717) is 12.8 Å². The number of carbonyl (C=O) groups excluding carboxylic acids is 3. The highest BCUT2D eigenvalue weighted by Crippen LogP contribution is 2.09. The number of aliphatic carboxylic acids is 1. The summed E-state index contributed by atoms with van der Waals surface area (Å²) in [4.78, 5) is 47.2. The fraction of sp³-hybridized carbons (Fsp3) is 0.511. The lowest BCUT2D eigenvalue weighted by molar-refractivity contribution is -0.145. The Morgan fingerprint density at radius 2 is 1.02 bits per heavy atom. The fourth-order valence-electron chi connectivity index (χ4n) is 4.73. The topological polar surface area (TPSA) is 142 Å². The van der Waals surface area contributed by atoms with Gasteiger partial charge in [-0.3, -0.25) is 14.4 Å². The van der Waals surface area contributed by atoms with Crippen LogP contribution < -0.4 is 10.6 Å². The van der Waals surface area contributed by atoms with Crippen LogP contribution in [0.3, 0.4) is 0 Å². The summed E-state index contributed by atoms with van der Waals surface area (Å²) in [5.74, 6) is -2.54. The number of hydrogen-bond donors (Lipinski definition) is 4. The number of allylic oxidation sites excluding steroid dienone is 16. The standard InChI is InChI=1S/C45H68N2O7/c1-3-5-7-9-10-11-12-13-14-15-16-17-18-19-20-21-22-23-24-29-33-37-44(51)54-40(34-30-26-8-6-4-2)35-31-27-25-28-32-36-42(49)46-38-43(50)47-41(39-48)45(52)53/h5-8,10-11,13-14,16-17,19-20,22-23,30-31,34-35,40-41,48H,3-4,9,12,15,18,21,24-29,32-33,36-39H2,1-2H3,(H,46,49)(H,47,50)(H,52,53)/b7-5-,8-6-,11-10-,14-13-,17-16-,20-19-,23-22-,34-30-,35-31-. The molecule has 0 saturated heterocycles. The minimum absolute atomic E-state index is 0.212. The van der Waals surface area contributed by atoms with E-state index in [2.05, 4.69) is 110 Å². The van der Waals surface area contributed by atoms with Crippen LogP contribution in [-0.4, -0.2) is 59.3 Å². The van der Waals surface area contributed by atoms with E-state index in [4.69, 9.17) is 14.9 Å². The molecule has 0 saturated carbocycles. The Bertz CT molecular complexity index is 1270. The summed E-state index contributed by atoms with van der Waals surface area (Å²) in [6.07, 6.45) is 51.8. The van der Waals surface area contributed by atoms with Crippen LogP contribution in [0.25, 0.3) is 0 Å². The average molecular weight is 749 g/mol. The number of aliphatic hydroxyl groups excluding tert-OH is 1. The first-order valence-electron chi connectivity index (χ1n) is 19.8. The molecule has 0 spiro atoms. The van der Waals surface area contributed by atoms with Crippen molar-refractivity contribution in [3.8, 4) is 0 Å². The van der Waals surface area contributed by atoms with Gasteiger partial charge in [-0.1, -0.05) is 117 Å². The first-order valence-corrected chi connectivity index (χ1v) is 19.8. The number of aliphatic hydroxyl groups is 1. The third-order valence-electron chi connectivity index (χ3n) is 7.73. The van der Waals surface area contributed by atoms with E-state index >= 15 is 0 Å². The number of ether oxygens (including phenoxy) is 1. The normalized spacial score (nSPS) is 13.7. The van der Waals surface area contributed by atoms with Gasteiger partial charge in [0.1, 0.15) is 12.1 Å². The number of nitrogens with one attached hydrogen (secondary N) is 2. The van der Waals surface area contributed by atoms with Gasteiger partial charge < -0.3 is 25.6 Å². The molecule has 0 aromatic carbocycles. The maximum Gasteiger partial charge on any atom is 0.328 e. The molecule has 0 heterocycles. The number of carbonyl (C=O) groups is 4. The zero-order valence-corrected chi connectivity index (χ0v) is 32.9. The molecule has 9 nitrogen and oxygen atoms in total. The van der Waals surface area contributed by atoms with Crippen molar-refractivity contribution in [1.29, 1.82) is 0 Å². The maximum atomic E-state index is 12.6. The van der Waals surface area contributed by atoms with Gasteiger partial charge in [0.15, 0.2) is 0 Å². The molecule has 54 heavy (non-hydrogen) atoms. The van der Waals surface area contributed by atoms with Crippen LogP contribution in [0.4, 0.5) is 0 Å². The number of hydrogen-bond acceptors (Lipinski definition) is 6. The third-order valence-corrected chi connectivity index (χ3v) is 7.73. The first kappa shape index (κ1) is 49.5. The Morgan fingerprint density at radius 1 is 0.556 bits per heavy atom. The highest BCUT2D eigenvalue weighted by atomic mass is 16.5. The van der Waals surface area contributed by atoms with Gasteiger partial charge in [-0.05, 0) is 102 Å². The molecule has 0 aliphatic rings. The summed E-state index contributed by atoms with van der Waals surface area (Å²) >= 11 is 0. The summed E-state index contributed by atoms with van der Waals surface area (Å²) in [6.45, 7) is 3.15. The largest absolute Gasteiger partial charge is 0.480 e. The van der Waals surface area contributed by atoms with Crippen molar-refractivity contribution >= 4 is 23.8 Å². The number of amides is 2. The van der Waals surface area contributed by atoms with Gasteiger partial charge in [-0.2, -0.15) is 0 Å². The number of carboxylic acid groups (broad SMARTS) is 1. The van der Waals surface area contributed by atoms with E-state index in [1.807, 2.05) is 24.3 Å². The van der Waals surface area contributed by atoms with Crippen LogP contribution in [0.5, 0.6) is 0 Å². The summed E-state index contributed by atoms with van der Waals surface area (Å²) in [5.41, 5.74) is 0. The molecule has 0 bridgehead atoms. The van der Waals surface area contributed by atoms with Crippen molar-refractivity contribution in [2.45, 2.75) is 135 Å². The number of unbranched alkanes of at least 4 members (excludes halogenated alkanes) is 5. The molecule has 0 aromatic heterocycles. The minimum Gasteiger partial charge on any atom is -0.480 e. The molecule has 0 aromatic rings. The van der Waals surface area contributed by atoms with E-state index in [1.54, 1.807) is 0 Å². The van der Waals surface area contributed by atoms with Gasteiger partial charge in [0.2, 0.25) is 11.8 Å². The zero-order valence-electron chi connectivity index (χ0n) is 32.9. The number of esters is 1. The van der Waals surface area contributed by atoms with Crippen LogP contribution in [0, 0.1) is 0 Å². The van der Waals surface area contributed by atoms with Crippen molar-refractivity contribution in [2.24, 2.45) is 0 Å². The molecule has 2 atom stereocenters. The molecule has 0 fully saturated rings. The van der Waals surface area contributed by atoms with Gasteiger partial charge in [-0.15, -0.1) is 0 Å². The second-order valence-electron chi connectivity index (χ2n) is 12.6. The molecule has 300 valence electrons. The second kappa shape index (κ2) is 38.2.